The average Bonchev–Trinajstić information content (AvgIpc) is 2.27. The Hall–Kier alpha value is -0.300. The first kappa shape index (κ1) is 10.2. The molecule has 0 spiro atoms. The predicted molar refractivity (Wildman–Crippen MR) is 61.2 cm³/mol. The lowest BCUT2D eigenvalue weighted by Crippen LogP contribution is -2.40. The number of nitrogens with zero attached hydrogens (tertiary/aromatic N) is 1. The van der Waals surface area contributed by atoms with Crippen LogP contribution in [0.5, 0.6) is 0 Å². The van der Waals surface area contributed by atoms with Crippen LogP contribution in [-0.4, -0.2) is 25.0 Å². The molecule has 0 aromatic rings. The molecule has 2 rings (SSSR count). The quantitative estimate of drug-likeness (QED) is 0.535. The van der Waals surface area contributed by atoms with E-state index in [-0.39, 0.29) is 0 Å². The van der Waals surface area contributed by atoms with Gasteiger partial charge in [0.05, 0.1) is 0 Å². The summed E-state index contributed by atoms with van der Waals surface area (Å²) in [5.41, 5.74) is 0. The van der Waals surface area contributed by atoms with Gasteiger partial charge in [-0.3, -0.25) is 0 Å². The Morgan fingerprint density at radius 3 is 2.79 bits per heavy atom. The molecule has 0 bridgehead atoms. The van der Waals surface area contributed by atoms with Crippen LogP contribution >= 0.6 is 0 Å². The fraction of sp³-hybridized carbons (Fsp3) is 0.846. The van der Waals surface area contributed by atoms with E-state index in [4.69, 9.17) is 0 Å². The van der Waals surface area contributed by atoms with Crippen molar-refractivity contribution in [3.05, 3.63) is 12.2 Å². The molecule has 4 unspecified atom stereocenters. The lowest BCUT2D eigenvalue weighted by Gasteiger charge is -2.38. The Morgan fingerprint density at radius 1 is 1.21 bits per heavy atom. The fourth-order valence-electron chi connectivity index (χ4n) is 3.18. The Morgan fingerprint density at radius 2 is 2.00 bits per heavy atom. The number of piperidine rings is 1. The van der Waals surface area contributed by atoms with Crippen molar-refractivity contribution in [2.24, 2.45) is 23.7 Å². The van der Waals surface area contributed by atoms with Crippen molar-refractivity contribution in [1.82, 2.24) is 4.90 Å². The molecule has 1 nitrogen and oxygen atoms in total. The van der Waals surface area contributed by atoms with Crippen LogP contribution in [0.4, 0.5) is 0 Å². The van der Waals surface area contributed by atoms with Crippen LogP contribution in [0.1, 0.15) is 26.7 Å². The van der Waals surface area contributed by atoms with Gasteiger partial charge in [-0.25, -0.2) is 0 Å². The monoisotopic (exact) mass is 193 g/mol. The topological polar surface area (TPSA) is 3.24 Å². The molecule has 0 aromatic carbocycles. The highest BCUT2D eigenvalue weighted by atomic mass is 15.1. The van der Waals surface area contributed by atoms with E-state index in [0.29, 0.717) is 0 Å². The minimum absolute atomic E-state index is 0.793. The summed E-state index contributed by atoms with van der Waals surface area (Å²) >= 11 is 0. The van der Waals surface area contributed by atoms with E-state index in [9.17, 15) is 0 Å². The molecule has 14 heavy (non-hydrogen) atoms. The summed E-state index contributed by atoms with van der Waals surface area (Å²) in [6.07, 6.45) is 7.71. The van der Waals surface area contributed by atoms with Gasteiger partial charge in [0.15, 0.2) is 0 Å². The minimum atomic E-state index is 0.793. The van der Waals surface area contributed by atoms with Gasteiger partial charge < -0.3 is 4.90 Å². The van der Waals surface area contributed by atoms with Crippen molar-refractivity contribution < 1.29 is 0 Å². The maximum atomic E-state index is 2.51. The molecule has 1 heterocycles. The maximum absolute atomic E-state index is 2.51. The Balaban J connectivity index is 2.11. The van der Waals surface area contributed by atoms with Crippen molar-refractivity contribution in [1.29, 1.82) is 0 Å². The summed E-state index contributed by atoms with van der Waals surface area (Å²) < 4.78 is 0. The molecule has 0 aromatic heterocycles. The maximum Gasteiger partial charge on any atom is 0.00148 e. The van der Waals surface area contributed by atoms with Crippen LogP contribution in [0.15, 0.2) is 12.2 Å². The number of rotatable bonds is 0. The summed E-state index contributed by atoms with van der Waals surface area (Å²) in [5.74, 6) is 3.47. The molecule has 4 atom stereocenters. The van der Waals surface area contributed by atoms with Crippen LogP contribution < -0.4 is 0 Å². The molecule has 2 aliphatic rings. The van der Waals surface area contributed by atoms with Crippen LogP contribution in [-0.2, 0) is 0 Å². The molecule has 1 aliphatic carbocycles. The molecule has 0 N–H and O–H groups in total. The second-order valence-electron chi connectivity index (χ2n) is 5.45. The standard InChI is InChI=1S/C13H23N/c1-10-4-5-12-6-7-14(3)9-13(12)11(2)8-10/h4-5,10-13H,6-9H2,1-3H3. The second kappa shape index (κ2) is 4.06. The smallest absolute Gasteiger partial charge is 0.00148 e. The normalized spacial score (nSPS) is 44.5. The van der Waals surface area contributed by atoms with Crippen LogP contribution in [0.2, 0.25) is 0 Å². The van der Waals surface area contributed by atoms with Crippen LogP contribution in [0.25, 0.3) is 0 Å². The molecule has 1 fully saturated rings. The van der Waals surface area contributed by atoms with Crippen molar-refractivity contribution in [3.63, 3.8) is 0 Å². The average molecular weight is 193 g/mol. The SMILES string of the molecule is CC1C=CC2CCN(C)CC2C(C)C1. The first-order chi connectivity index (χ1) is 6.66. The van der Waals surface area contributed by atoms with E-state index in [1.54, 1.807) is 0 Å². The van der Waals surface area contributed by atoms with Gasteiger partial charge in [-0.1, -0.05) is 26.0 Å². The van der Waals surface area contributed by atoms with Crippen molar-refractivity contribution >= 4 is 0 Å². The highest BCUT2D eigenvalue weighted by Crippen LogP contribution is 2.36. The summed E-state index contributed by atoms with van der Waals surface area (Å²) in [5, 5.41) is 0. The van der Waals surface area contributed by atoms with Gasteiger partial charge in [-0.15, -0.1) is 0 Å². The summed E-state index contributed by atoms with van der Waals surface area (Å²) in [6.45, 7) is 7.39. The van der Waals surface area contributed by atoms with Crippen LogP contribution in [0, 0.1) is 23.7 Å². The number of hydrogen-bond acceptors (Lipinski definition) is 1. The molecule has 80 valence electrons. The van der Waals surface area contributed by atoms with E-state index in [0.717, 1.165) is 23.7 Å². The number of hydrogen-bond donors (Lipinski definition) is 0. The van der Waals surface area contributed by atoms with Gasteiger partial charge in [-0.05, 0) is 50.1 Å². The van der Waals surface area contributed by atoms with E-state index in [2.05, 4.69) is 37.9 Å². The van der Waals surface area contributed by atoms with Gasteiger partial charge in [0.1, 0.15) is 0 Å². The third-order valence-corrected chi connectivity index (χ3v) is 4.08. The summed E-state index contributed by atoms with van der Waals surface area (Å²) in [7, 11) is 2.26. The minimum Gasteiger partial charge on any atom is -0.306 e. The zero-order valence-electron chi connectivity index (χ0n) is 9.74. The van der Waals surface area contributed by atoms with Crippen molar-refractivity contribution in [2.75, 3.05) is 20.1 Å². The highest BCUT2D eigenvalue weighted by Gasteiger charge is 2.32. The molecular formula is C13H23N. The molecule has 0 amide bonds. The van der Waals surface area contributed by atoms with Crippen molar-refractivity contribution in [3.8, 4) is 0 Å². The summed E-state index contributed by atoms with van der Waals surface area (Å²) in [6, 6.07) is 0. The number of likely N-dealkylation sites (tertiary alicyclic amines) is 1. The van der Waals surface area contributed by atoms with Gasteiger partial charge in [0.25, 0.3) is 0 Å². The fourth-order valence-corrected chi connectivity index (χ4v) is 3.18. The Bertz CT molecular complexity index is 221. The largest absolute Gasteiger partial charge is 0.306 e. The third kappa shape index (κ3) is 2.03. The molecule has 0 saturated carbocycles. The molecular weight excluding hydrogens is 170 g/mol. The number of allylic oxidation sites excluding steroid dienone is 2. The zero-order valence-corrected chi connectivity index (χ0v) is 9.74. The van der Waals surface area contributed by atoms with Crippen molar-refractivity contribution in [2.45, 2.75) is 26.7 Å². The second-order valence-corrected chi connectivity index (χ2v) is 5.45. The molecule has 1 heteroatoms. The Kier molecular flexibility index (Phi) is 2.96. The molecule has 0 radical (unpaired) electrons. The Labute approximate surface area is 88.2 Å². The lowest BCUT2D eigenvalue weighted by molar-refractivity contribution is 0.123. The van der Waals surface area contributed by atoms with Crippen LogP contribution in [0.3, 0.4) is 0 Å². The van der Waals surface area contributed by atoms with E-state index in [1.165, 1.54) is 25.9 Å². The molecule has 1 aliphatic heterocycles. The lowest BCUT2D eigenvalue weighted by atomic mass is 9.77. The molecule has 1 saturated heterocycles. The van der Waals surface area contributed by atoms with E-state index in [1.807, 2.05) is 0 Å². The summed E-state index contributed by atoms with van der Waals surface area (Å²) in [4.78, 5) is 2.50. The van der Waals surface area contributed by atoms with E-state index < -0.39 is 0 Å². The number of fused-ring (bicyclic) bond motifs is 1. The van der Waals surface area contributed by atoms with Gasteiger partial charge in [0, 0.05) is 6.54 Å². The van der Waals surface area contributed by atoms with E-state index >= 15 is 0 Å². The van der Waals surface area contributed by atoms with Gasteiger partial charge >= 0.3 is 0 Å². The third-order valence-electron chi connectivity index (χ3n) is 4.08. The highest BCUT2D eigenvalue weighted by molar-refractivity contribution is 5.01. The first-order valence-electron chi connectivity index (χ1n) is 6.03. The van der Waals surface area contributed by atoms with Gasteiger partial charge in [0.2, 0.25) is 0 Å². The zero-order chi connectivity index (χ0) is 10.1. The predicted octanol–water partition coefficient (Wildman–Crippen LogP) is 2.79. The van der Waals surface area contributed by atoms with Gasteiger partial charge in [-0.2, -0.15) is 0 Å². The first-order valence-corrected chi connectivity index (χ1v) is 6.03.